The first-order valence-corrected chi connectivity index (χ1v) is 9.83. The first kappa shape index (κ1) is 17.0. The van der Waals surface area contributed by atoms with Gasteiger partial charge in [-0.25, -0.2) is 13.4 Å². The van der Waals surface area contributed by atoms with Crippen LogP contribution in [0.1, 0.15) is 12.0 Å². The number of benzene rings is 1. The molecule has 2 aromatic rings. The van der Waals surface area contributed by atoms with Gasteiger partial charge in [-0.15, -0.1) is 0 Å². The molecule has 0 saturated carbocycles. The van der Waals surface area contributed by atoms with Gasteiger partial charge in [0.25, 0.3) is 0 Å². The largest absolute Gasteiger partial charge is 0.340 e. The highest BCUT2D eigenvalue weighted by molar-refractivity contribution is 7.91. The first-order chi connectivity index (χ1) is 11.3. The molecule has 0 spiro atoms. The molecule has 1 aliphatic heterocycles. The smallest absolute Gasteiger partial charge is 0.227 e. The van der Waals surface area contributed by atoms with Crippen molar-refractivity contribution in [3.05, 3.63) is 41.0 Å². The Bertz CT molecular complexity index is 857. The Morgan fingerprint density at radius 2 is 2.12 bits per heavy atom. The summed E-state index contributed by atoms with van der Waals surface area (Å²) in [6.45, 7) is 1.94. The molecule has 2 heterocycles. The molecular weight excluding hydrogens is 348 g/mol. The van der Waals surface area contributed by atoms with Gasteiger partial charge in [-0.3, -0.25) is 0 Å². The average Bonchev–Trinajstić information content (AvgIpc) is 2.90. The lowest BCUT2D eigenvalue weighted by atomic mass is 10.2. The highest BCUT2D eigenvalue weighted by atomic mass is 35.5. The fourth-order valence-electron chi connectivity index (χ4n) is 2.65. The number of nitrogens with one attached hydrogen (secondary N) is 1. The monoisotopic (exact) mass is 366 g/mol. The van der Waals surface area contributed by atoms with Crippen molar-refractivity contribution in [2.45, 2.75) is 19.4 Å². The van der Waals surface area contributed by atoms with Crippen LogP contribution in [0.25, 0.3) is 0 Å². The predicted octanol–water partition coefficient (Wildman–Crippen LogP) is 2.81. The van der Waals surface area contributed by atoms with Crippen molar-refractivity contribution in [2.75, 3.05) is 28.8 Å². The molecule has 0 amide bonds. The summed E-state index contributed by atoms with van der Waals surface area (Å²) < 4.78 is 23.3. The Labute approximate surface area is 146 Å². The van der Waals surface area contributed by atoms with E-state index in [2.05, 4.69) is 15.3 Å². The van der Waals surface area contributed by atoms with Crippen LogP contribution < -0.4 is 10.2 Å². The molecule has 1 aliphatic rings. The Hall–Kier alpha value is -1.86. The van der Waals surface area contributed by atoms with Gasteiger partial charge >= 0.3 is 0 Å². The number of aryl methyl sites for hydroxylation is 1. The van der Waals surface area contributed by atoms with Crippen molar-refractivity contribution >= 4 is 38.9 Å². The van der Waals surface area contributed by atoms with E-state index in [1.807, 2.05) is 37.1 Å². The molecule has 0 bridgehead atoms. The van der Waals surface area contributed by atoms with Crippen molar-refractivity contribution in [1.82, 2.24) is 9.97 Å². The minimum atomic E-state index is -2.94. The third-order valence-electron chi connectivity index (χ3n) is 4.16. The van der Waals surface area contributed by atoms with Gasteiger partial charge in [0.15, 0.2) is 9.84 Å². The molecule has 1 atom stereocenters. The molecule has 8 heteroatoms. The van der Waals surface area contributed by atoms with E-state index in [0.29, 0.717) is 23.2 Å². The second kappa shape index (κ2) is 6.57. The van der Waals surface area contributed by atoms with Crippen LogP contribution in [0.2, 0.25) is 5.02 Å². The van der Waals surface area contributed by atoms with E-state index in [0.717, 1.165) is 11.3 Å². The molecule has 1 aromatic heterocycles. The van der Waals surface area contributed by atoms with Gasteiger partial charge < -0.3 is 10.2 Å². The van der Waals surface area contributed by atoms with Crippen molar-refractivity contribution in [1.29, 1.82) is 0 Å². The van der Waals surface area contributed by atoms with Crippen LogP contribution in [0.5, 0.6) is 0 Å². The second-order valence-electron chi connectivity index (χ2n) is 6.00. The first-order valence-electron chi connectivity index (χ1n) is 7.63. The predicted molar refractivity (Wildman–Crippen MR) is 97.0 cm³/mol. The van der Waals surface area contributed by atoms with Gasteiger partial charge in [0.2, 0.25) is 5.95 Å². The van der Waals surface area contributed by atoms with Gasteiger partial charge in [0.1, 0.15) is 5.82 Å². The second-order valence-corrected chi connectivity index (χ2v) is 8.63. The third kappa shape index (κ3) is 3.79. The summed E-state index contributed by atoms with van der Waals surface area (Å²) in [6.07, 6.45) is 2.26. The standard InChI is InChI=1S/C16H19ClN4O2S/c1-11-3-4-12(9-14(11)17)19-15-5-7-18-16(20-15)21(2)13-6-8-24(22,23)10-13/h3-5,7,9,13H,6,8,10H2,1-2H3,(H,18,19,20). The zero-order valence-electron chi connectivity index (χ0n) is 13.5. The average molecular weight is 367 g/mol. The van der Waals surface area contributed by atoms with E-state index >= 15 is 0 Å². The van der Waals surface area contributed by atoms with E-state index < -0.39 is 9.84 Å². The van der Waals surface area contributed by atoms with Crippen molar-refractivity contribution in [3.8, 4) is 0 Å². The summed E-state index contributed by atoms with van der Waals surface area (Å²) in [7, 11) is -1.12. The number of halogens is 1. The molecule has 0 aliphatic carbocycles. The highest BCUT2D eigenvalue weighted by Gasteiger charge is 2.31. The molecule has 1 fully saturated rings. The molecule has 1 saturated heterocycles. The van der Waals surface area contributed by atoms with Crippen LogP contribution in [-0.4, -0.2) is 43.0 Å². The maximum absolute atomic E-state index is 11.7. The number of hydrogen-bond donors (Lipinski definition) is 1. The molecule has 0 radical (unpaired) electrons. The molecule has 3 rings (SSSR count). The number of nitrogens with zero attached hydrogens (tertiary/aromatic N) is 3. The fourth-order valence-corrected chi connectivity index (χ4v) is 4.61. The van der Waals surface area contributed by atoms with E-state index in [4.69, 9.17) is 11.6 Å². The van der Waals surface area contributed by atoms with Gasteiger partial charge in [0, 0.05) is 30.0 Å². The maximum atomic E-state index is 11.7. The highest BCUT2D eigenvalue weighted by Crippen LogP contribution is 2.24. The quantitative estimate of drug-likeness (QED) is 0.896. The van der Waals surface area contributed by atoms with Crippen LogP contribution in [0.3, 0.4) is 0 Å². The Morgan fingerprint density at radius 3 is 2.79 bits per heavy atom. The number of sulfone groups is 1. The molecular formula is C16H19ClN4O2S. The number of aromatic nitrogens is 2. The molecule has 6 nitrogen and oxygen atoms in total. The number of hydrogen-bond acceptors (Lipinski definition) is 6. The normalized spacial score (nSPS) is 19.2. The van der Waals surface area contributed by atoms with Crippen molar-refractivity contribution < 1.29 is 8.42 Å². The molecule has 24 heavy (non-hydrogen) atoms. The maximum Gasteiger partial charge on any atom is 0.227 e. The van der Waals surface area contributed by atoms with Gasteiger partial charge in [-0.2, -0.15) is 4.98 Å². The van der Waals surface area contributed by atoms with Crippen LogP contribution in [0.4, 0.5) is 17.5 Å². The molecule has 1 aromatic carbocycles. The van der Waals surface area contributed by atoms with E-state index in [9.17, 15) is 8.42 Å². The molecule has 128 valence electrons. The minimum absolute atomic E-state index is 0.0842. The van der Waals surface area contributed by atoms with Crippen molar-refractivity contribution in [3.63, 3.8) is 0 Å². The lowest BCUT2D eigenvalue weighted by Crippen LogP contribution is -2.33. The van der Waals surface area contributed by atoms with E-state index in [1.54, 1.807) is 12.3 Å². The topological polar surface area (TPSA) is 75.2 Å². The van der Waals surface area contributed by atoms with Crippen molar-refractivity contribution in [2.24, 2.45) is 0 Å². The molecule has 1 N–H and O–H groups in total. The molecule has 1 unspecified atom stereocenters. The number of rotatable bonds is 4. The zero-order valence-corrected chi connectivity index (χ0v) is 15.1. The van der Waals surface area contributed by atoms with Crippen LogP contribution >= 0.6 is 11.6 Å². The van der Waals surface area contributed by atoms with Crippen LogP contribution in [0, 0.1) is 6.92 Å². The minimum Gasteiger partial charge on any atom is -0.340 e. The lowest BCUT2D eigenvalue weighted by molar-refractivity contribution is 0.600. The Kier molecular flexibility index (Phi) is 4.64. The summed E-state index contributed by atoms with van der Waals surface area (Å²) in [5.74, 6) is 1.51. The summed E-state index contributed by atoms with van der Waals surface area (Å²) in [4.78, 5) is 10.6. The summed E-state index contributed by atoms with van der Waals surface area (Å²) >= 11 is 6.14. The Balaban J connectivity index is 1.77. The summed E-state index contributed by atoms with van der Waals surface area (Å²) in [5.41, 5.74) is 1.84. The third-order valence-corrected chi connectivity index (χ3v) is 6.32. The van der Waals surface area contributed by atoms with Gasteiger partial charge in [0.05, 0.1) is 11.5 Å². The van der Waals surface area contributed by atoms with Crippen LogP contribution in [0.15, 0.2) is 30.5 Å². The van der Waals surface area contributed by atoms with Crippen LogP contribution in [-0.2, 0) is 9.84 Å². The van der Waals surface area contributed by atoms with Gasteiger partial charge in [-0.05, 0) is 37.1 Å². The fraction of sp³-hybridized carbons (Fsp3) is 0.375. The Morgan fingerprint density at radius 1 is 1.33 bits per heavy atom. The summed E-state index contributed by atoms with van der Waals surface area (Å²) in [6, 6.07) is 7.38. The van der Waals surface area contributed by atoms with E-state index in [1.165, 1.54) is 0 Å². The lowest BCUT2D eigenvalue weighted by Gasteiger charge is -2.23. The summed E-state index contributed by atoms with van der Waals surface area (Å²) in [5, 5.41) is 3.88. The SMILES string of the molecule is Cc1ccc(Nc2ccnc(N(C)C3CCS(=O)(=O)C3)n2)cc1Cl. The van der Waals surface area contributed by atoms with E-state index in [-0.39, 0.29) is 17.5 Å². The number of anilines is 3. The zero-order chi connectivity index (χ0) is 17.3. The van der Waals surface area contributed by atoms with Gasteiger partial charge in [-0.1, -0.05) is 17.7 Å².